The van der Waals surface area contributed by atoms with E-state index in [9.17, 15) is 10.1 Å². The number of nitrogens with one attached hydrogen (secondary N) is 2. The Hall–Kier alpha value is -3.51. The minimum Gasteiger partial charge on any atom is -0.383 e. The highest BCUT2D eigenvalue weighted by molar-refractivity contribution is 5.77. The van der Waals surface area contributed by atoms with Crippen LogP contribution in [0.4, 0.5) is 17.5 Å². The predicted octanol–water partition coefficient (Wildman–Crippen LogP) is 3.42. The summed E-state index contributed by atoms with van der Waals surface area (Å²) in [5.74, 6) is 1.00. The fourth-order valence-electron chi connectivity index (χ4n) is 4.81. The first-order chi connectivity index (χ1) is 16.2. The fourth-order valence-corrected chi connectivity index (χ4v) is 4.81. The third kappa shape index (κ3) is 4.66. The van der Waals surface area contributed by atoms with E-state index in [0.29, 0.717) is 22.8 Å². The van der Waals surface area contributed by atoms with Gasteiger partial charge in [-0.15, -0.1) is 0 Å². The first-order valence-corrected chi connectivity index (χ1v) is 11.7. The summed E-state index contributed by atoms with van der Waals surface area (Å²) in [4.78, 5) is 28.9. The van der Waals surface area contributed by atoms with Crippen molar-refractivity contribution in [3.8, 4) is 6.07 Å². The first-order valence-electron chi connectivity index (χ1n) is 11.7. The van der Waals surface area contributed by atoms with Crippen molar-refractivity contribution < 1.29 is 0 Å². The molecule has 1 saturated heterocycles. The number of anilines is 3. The van der Waals surface area contributed by atoms with Gasteiger partial charge in [-0.3, -0.25) is 9.36 Å². The van der Waals surface area contributed by atoms with Crippen LogP contribution in [0, 0.1) is 11.3 Å². The number of aromatic nitrogens is 4. The van der Waals surface area contributed by atoms with Crippen molar-refractivity contribution in [3.63, 3.8) is 0 Å². The number of hydrogen-bond acceptors (Lipinski definition) is 8. The van der Waals surface area contributed by atoms with Crippen molar-refractivity contribution in [2.24, 2.45) is 0 Å². The minimum atomic E-state index is -0.274. The van der Waals surface area contributed by atoms with E-state index < -0.39 is 0 Å². The quantitative estimate of drug-likeness (QED) is 0.570. The van der Waals surface area contributed by atoms with Crippen LogP contribution in [0.3, 0.4) is 0 Å². The van der Waals surface area contributed by atoms with Crippen LogP contribution in [0.1, 0.15) is 50.1 Å². The molecule has 9 heteroatoms. The molecule has 9 nitrogen and oxygen atoms in total. The second kappa shape index (κ2) is 9.55. The van der Waals surface area contributed by atoms with Gasteiger partial charge in [0.25, 0.3) is 5.56 Å². The highest BCUT2D eigenvalue weighted by Gasteiger charge is 2.22. The number of nitrogens with zero attached hydrogens (tertiary/aromatic N) is 6. The summed E-state index contributed by atoms with van der Waals surface area (Å²) in [5.41, 5.74) is 1.39. The summed E-state index contributed by atoms with van der Waals surface area (Å²) in [6.07, 6.45) is 10.0. The SMILES string of the molecule is N#Cc1cc2cnc(Nc3ccc(NCCN4CCCC4)cn3)nc2n(C2CCCC2)c1=O. The molecule has 2 fully saturated rings. The molecule has 2 aliphatic rings. The van der Waals surface area contributed by atoms with Crippen molar-refractivity contribution in [1.82, 2.24) is 24.4 Å². The number of fused-ring (bicyclic) bond motifs is 1. The van der Waals surface area contributed by atoms with Crippen LogP contribution in [-0.2, 0) is 0 Å². The molecule has 1 saturated carbocycles. The van der Waals surface area contributed by atoms with Gasteiger partial charge in [-0.05, 0) is 57.0 Å². The lowest BCUT2D eigenvalue weighted by Crippen LogP contribution is -2.26. The number of hydrogen-bond donors (Lipinski definition) is 2. The van der Waals surface area contributed by atoms with Crippen LogP contribution in [-0.4, -0.2) is 50.6 Å². The molecular weight excluding hydrogens is 416 g/mol. The zero-order valence-electron chi connectivity index (χ0n) is 18.6. The van der Waals surface area contributed by atoms with Crippen LogP contribution in [0.2, 0.25) is 0 Å². The van der Waals surface area contributed by atoms with Crippen LogP contribution >= 0.6 is 0 Å². The molecular formula is C24H28N8O. The molecule has 0 aromatic carbocycles. The van der Waals surface area contributed by atoms with Crippen molar-refractivity contribution in [2.75, 3.05) is 36.8 Å². The maximum Gasteiger partial charge on any atom is 0.270 e. The molecule has 1 aliphatic carbocycles. The van der Waals surface area contributed by atoms with Gasteiger partial charge in [0.15, 0.2) is 0 Å². The molecule has 33 heavy (non-hydrogen) atoms. The summed E-state index contributed by atoms with van der Waals surface area (Å²) in [6.45, 7) is 4.33. The molecule has 0 unspecified atom stereocenters. The Bertz CT molecular complexity index is 1220. The third-order valence-corrected chi connectivity index (χ3v) is 6.54. The lowest BCUT2D eigenvalue weighted by molar-refractivity contribution is 0.352. The summed E-state index contributed by atoms with van der Waals surface area (Å²) in [7, 11) is 0. The van der Waals surface area contributed by atoms with Gasteiger partial charge < -0.3 is 15.5 Å². The first kappa shape index (κ1) is 21.3. The van der Waals surface area contributed by atoms with Crippen molar-refractivity contribution in [3.05, 3.63) is 46.5 Å². The molecule has 4 heterocycles. The molecule has 5 rings (SSSR count). The second-order valence-corrected chi connectivity index (χ2v) is 8.79. The van der Waals surface area contributed by atoms with E-state index in [4.69, 9.17) is 0 Å². The van der Waals surface area contributed by atoms with E-state index in [1.54, 1.807) is 23.0 Å². The number of likely N-dealkylation sites (tertiary alicyclic amines) is 1. The summed E-state index contributed by atoms with van der Waals surface area (Å²) < 4.78 is 1.69. The van der Waals surface area contributed by atoms with E-state index >= 15 is 0 Å². The fraction of sp³-hybridized carbons (Fsp3) is 0.458. The topological polar surface area (TPSA) is 112 Å². The summed E-state index contributed by atoms with van der Waals surface area (Å²) in [5, 5.41) is 16.6. The average molecular weight is 445 g/mol. The molecule has 1 aliphatic heterocycles. The van der Waals surface area contributed by atoms with Crippen molar-refractivity contribution >= 4 is 28.5 Å². The Morgan fingerprint density at radius 3 is 2.64 bits per heavy atom. The molecule has 3 aromatic heterocycles. The molecule has 2 N–H and O–H groups in total. The molecule has 3 aromatic rings. The Labute approximate surface area is 192 Å². The van der Waals surface area contributed by atoms with E-state index in [0.717, 1.165) is 44.5 Å². The number of nitriles is 1. The van der Waals surface area contributed by atoms with Gasteiger partial charge in [0.05, 0.1) is 11.9 Å². The van der Waals surface area contributed by atoms with Crippen molar-refractivity contribution in [1.29, 1.82) is 5.26 Å². The van der Waals surface area contributed by atoms with Crippen LogP contribution in [0.15, 0.2) is 35.4 Å². The Kier molecular flexibility index (Phi) is 6.17. The number of pyridine rings is 2. The third-order valence-electron chi connectivity index (χ3n) is 6.54. The van der Waals surface area contributed by atoms with Gasteiger partial charge >= 0.3 is 0 Å². The molecule has 0 spiro atoms. The highest BCUT2D eigenvalue weighted by atomic mass is 16.1. The normalized spacial score (nSPS) is 16.8. The largest absolute Gasteiger partial charge is 0.383 e. The molecule has 0 amide bonds. The van der Waals surface area contributed by atoms with Crippen LogP contribution in [0.5, 0.6) is 0 Å². The van der Waals surface area contributed by atoms with Gasteiger partial charge in [-0.25, -0.2) is 9.97 Å². The van der Waals surface area contributed by atoms with Gasteiger partial charge in [0, 0.05) is 30.7 Å². The van der Waals surface area contributed by atoms with E-state index in [1.807, 2.05) is 18.2 Å². The Morgan fingerprint density at radius 1 is 1.09 bits per heavy atom. The monoisotopic (exact) mass is 444 g/mol. The second-order valence-electron chi connectivity index (χ2n) is 8.79. The smallest absolute Gasteiger partial charge is 0.270 e. The Morgan fingerprint density at radius 2 is 1.91 bits per heavy atom. The molecule has 170 valence electrons. The van der Waals surface area contributed by atoms with Crippen molar-refractivity contribution in [2.45, 2.75) is 44.6 Å². The number of rotatable bonds is 7. The van der Waals surface area contributed by atoms with Gasteiger partial charge in [0.2, 0.25) is 5.95 Å². The predicted molar refractivity (Wildman–Crippen MR) is 128 cm³/mol. The van der Waals surface area contributed by atoms with Gasteiger partial charge in [-0.1, -0.05) is 12.8 Å². The van der Waals surface area contributed by atoms with E-state index in [1.165, 1.54) is 25.9 Å². The average Bonchev–Trinajstić information content (AvgIpc) is 3.55. The lowest BCUT2D eigenvalue weighted by atomic mass is 10.2. The van der Waals surface area contributed by atoms with Crippen LogP contribution < -0.4 is 16.2 Å². The van der Waals surface area contributed by atoms with Gasteiger partial charge in [0.1, 0.15) is 23.1 Å². The Balaban J connectivity index is 1.33. The summed E-state index contributed by atoms with van der Waals surface area (Å²) in [6, 6.07) is 7.53. The van der Waals surface area contributed by atoms with Gasteiger partial charge in [-0.2, -0.15) is 10.2 Å². The maximum absolute atomic E-state index is 12.9. The zero-order valence-corrected chi connectivity index (χ0v) is 18.6. The minimum absolute atomic E-state index is 0.0695. The zero-order chi connectivity index (χ0) is 22.6. The van der Waals surface area contributed by atoms with E-state index in [2.05, 4.69) is 30.5 Å². The molecule has 0 radical (unpaired) electrons. The standard InChI is InChI=1S/C24H28N8O/c25-14-17-13-18-15-28-24(30-22(18)32(23(17)33)20-5-1-2-6-20)29-21-8-7-19(16-27-21)26-9-12-31-10-3-4-11-31/h7-8,13,15-16,20,26H,1-6,9-12H2,(H,27,28,29,30). The van der Waals surface area contributed by atoms with E-state index in [-0.39, 0.29) is 17.2 Å². The lowest BCUT2D eigenvalue weighted by Gasteiger charge is -2.17. The maximum atomic E-state index is 12.9. The summed E-state index contributed by atoms with van der Waals surface area (Å²) >= 11 is 0. The van der Waals surface area contributed by atoms with Crippen LogP contribution in [0.25, 0.3) is 11.0 Å². The molecule has 0 bridgehead atoms. The highest BCUT2D eigenvalue weighted by Crippen LogP contribution is 2.30. The molecule has 0 atom stereocenters.